The zero-order chi connectivity index (χ0) is 11.1. The van der Waals surface area contributed by atoms with Crippen molar-refractivity contribution in [1.82, 2.24) is 5.32 Å². The fraction of sp³-hybridized carbons (Fsp3) is 0.571. The van der Waals surface area contributed by atoms with Gasteiger partial charge in [-0.25, -0.2) is 4.79 Å². The molecule has 0 bridgehead atoms. The van der Waals surface area contributed by atoms with Crippen LogP contribution >= 0.6 is 11.8 Å². The molecule has 0 unspecified atom stereocenters. The molecule has 0 rings (SSSR count). The second kappa shape index (κ2) is 6.25. The number of carboxylic acid groups (broad SMARTS) is 2. The van der Waals surface area contributed by atoms with E-state index in [9.17, 15) is 14.4 Å². The normalized spacial score (nSPS) is 11.8. The van der Waals surface area contributed by atoms with E-state index < -0.39 is 23.9 Å². The molecule has 0 aromatic rings. The van der Waals surface area contributed by atoms with Crippen molar-refractivity contribution >= 4 is 29.6 Å². The van der Waals surface area contributed by atoms with E-state index in [4.69, 9.17) is 10.2 Å². The Labute approximate surface area is 84.7 Å². The first-order valence-electron chi connectivity index (χ1n) is 3.73. The van der Waals surface area contributed by atoms with E-state index in [0.717, 1.165) is 11.8 Å². The quantitative estimate of drug-likeness (QED) is 0.553. The summed E-state index contributed by atoms with van der Waals surface area (Å²) in [5, 5.41) is 19.1. The maximum Gasteiger partial charge on any atom is 0.327 e. The van der Waals surface area contributed by atoms with Gasteiger partial charge in [-0.1, -0.05) is 0 Å². The highest BCUT2D eigenvalue weighted by Gasteiger charge is 2.18. The molecule has 14 heavy (non-hydrogen) atoms. The van der Waals surface area contributed by atoms with E-state index >= 15 is 0 Å². The van der Waals surface area contributed by atoms with Crippen molar-refractivity contribution in [3.05, 3.63) is 0 Å². The third kappa shape index (κ3) is 6.30. The molecule has 1 amide bonds. The van der Waals surface area contributed by atoms with Crippen LogP contribution in [0.4, 0.5) is 0 Å². The predicted molar refractivity (Wildman–Crippen MR) is 50.2 cm³/mol. The average Bonchev–Trinajstić information content (AvgIpc) is 2.00. The maximum absolute atomic E-state index is 10.6. The van der Waals surface area contributed by atoms with Gasteiger partial charge in [0.25, 0.3) is 0 Å². The minimum atomic E-state index is -1.17. The Morgan fingerprint density at radius 1 is 1.36 bits per heavy atom. The summed E-state index contributed by atoms with van der Waals surface area (Å²) >= 11 is 0.945. The Balaban J connectivity index is 3.91. The highest BCUT2D eigenvalue weighted by Crippen LogP contribution is 2.02. The molecule has 0 saturated carbocycles. The molecule has 0 radical (unpaired) electrons. The number of amides is 1. The van der Waals surface area contributed by atoms with Gasteiger partial charge in [-0.3, -0.25) is 9.59 Å². The van der Waals surface area contributed by atoms with Crippen molar-refractivity contribution in [2.45, 2.75) is 13.0 Å². The van der Waals surface area contributed by atoms with Gasteiger partial charge in [0, 0.05) is 12.7 Å². The largest absolute Gasteiger partial charge is 0.481 e. The highest BCUT2D eigenvalue weighted by molar-refractivity contribution is 8.00. The summed E-state index contributed by atoms with van der Waals surface area (Å²) in [6.45, 7) is 1.21. The van der Waals surface area contributed by atoms with Crippen LogP contribution in [0.1, 0.15) is 6.92 Å². The first-order chi connectivity index (χ1) is 6.43. The molecule has 3 N–H and O–H groups in total. The summed E-state index contributed by atoms with van der Waals surface area (Å²) in [5.41, 5.74) is 0. The second-order valence-electron chi connectivity index (χ2n) is 2.50. The molecule has 7 heteroatoms. The number of carboxylic acids is 2. The van der Waals surface area contributed by atoms with E-state index in [0.29, 0.717) is 0 Å². The van der Waals surface area contributed by atoms with Crippen molar-refractivity contribution in [3.63, 3.8) is 0 Å². The lowest BCUT2D eigenvalue weighted by Gasteiger charge is -2.11. The minimum absolute atomic E-state index is 0.0429. The summed E-state index contributed by atoms with van der Waals surface area (Å²) in [5.74, 6) is -2.77. The molecule has 0 aliphatic carbocycles. The minimum Gasteiger partial charge on any atom is -0.481 e. The van der Waals surface area contributed by atoms with Crippen LogP contribution in [-0.4, -0.2) is 45.6 Å². The summed E-state index contributed by atoms with van der Waals surface area (Å²) in [4.78, 5) is 31.2. The first-order valence-corrected chi connectivity index (χ1v) is 4.88. The summed E-state index contributed by atoms with van der Waals surface area (Å²) in [7, 11) is 0. The third-order valence-electron chi connectivity index (χ3n) is 1.19. The Morgan fingerprint density at radius 2 is 1.93 bits per heavy atom. The van der Waals surface area contributed by atoms with Gasteiger partial charge in [0.15, 0.2) is 0 Å². The van der Waals surface area contributed by atoms with Gasteiger partial charge in [-0.05, 0) is 0 Å². The number of carbonyl (C=O) groups excluding carboxylic acids is 1. The topological polar surface area (TPSA) is 104 Å². The Morgan fingerprint density at radius 3 is 2.29 bits per heavy atom. The van der Waals surface area contributed by atoms with Crippen LogP contribution in [-0.2, 0) is 14.4 Å². The summed E-state index contributed by atoms with van der Waals surface area (Å²) in [6.07, 6.45) is 0. The summed E-state index contributed by atoms with van der Waals surface area (Å²) < 4.78 is 0. The highest BCUT2D eigenvalue weighted by atomic mass is 32.2. The summed E-state index contributed by atoms with van der Waals surface area (Å²) in [6, 6.07) is -1.03. The van der Waals surface area contributed by atoms with Crippen molar-refractivity contribution < 1.29 is 24.6 Å². The lowest BCUT2D eigenvalue weighted by atomic mass is 10.3. The van der Waals surface area contributed by atoms with Gasteiger partial charge in [-0.2, -0.15) is 0 Å². The molecule has 0 heterocycles. The van der Waals surface area contributed by atoms with Crippen LogP contribution in [0.25, 0.3) is 0 Å². The van der Waals surface area contributed by atoms with Crippen LogP contribution in [0.5, 0.6) is 0 Å². The van der Waals surface area contributed by atoms with Gasteiger partial charge in [0.05, 0.1) is 5.75 Å². The van der Waals surface area contributed by atoms with Crippen molar-refractivity contribution in [2.75, 3.05) is 11.5 Å². The van der Waals surface area contributed by atoms with Crippen molar-refractivity contribution in [2.24, 2.45) is 0 Å². The molecular weight excluding hydrogens is 210 g/mol. The number of thioether (sulfide) groups is 1. The Hall–Kier alpha value is -1.24. The predicted octanol–water partition coefficient (Wildman–Crippen LogP) is -0.606. The van der Waals surface area contributed by atoms with Gasteiger partial charge >= 0.3 is 11.9 Å². The van der Waals surface area contributed by atoms with E-state index in [1.165, 1.54) is 6.92 Å². The molecular formula is C7H11NO5S. The van der Waals surface area contributed by atoms with Gasteiger partial charge in [0.1, 0.15) is 6.04 Å². The standard InChI is InChI=1S/C7H11NO5S/c1-4(9)8-5(7(12)13)2-14-3-6(10)11/h5H,2-3H2,1H3,(H,8,9)(H,10,11)(H,12,13)/t5-/m1/s1. The van der Waals surface area contributed by atoms with Gasteiger partial charge in [-0.15, -0.1) is 11.8 Å². The van der Waals surface area contributed by atoms with Crippen LogP contribution < -0.4 is 5.32 Å². The molecule has 0 aromatic carbocycles. The lowest BCUT2D eigenvalue weighted by molar-refractivity contribution is -0.140. The van der Waals surface area contributed by atoms with E-state index in [2.05, 4.69) is 5.32 Å². The average molecular weight is 221 g/mol. The Kier molecular flexibility index (Phi) is 5.70. The van der Waals surface area contributed by atoms with Crippen molar-refractivity contribution in [3.8, 4) is 0 Å². The molecule has 0 spiro atoms. The number of nitrogens with one attached hydrogen (secondary N) is 1. The van der Waals surface area contributed by atoms with E-state index in [-0.39, 0.29) is 11.5 Å². The molecule has 0 aliphatic heterocycles. The fourth-order valence-corrected chi connectivity index (χ4v) is 1.44. The third-order valence-corrected chi connectivity index (χ3v) is 2.21. The van der Waals surface area contributed by atoms with E-state index in [1.807, 2.05) is 0 Å². The van der Waals surface area contributed by atoms with Gasteiger partial charge in [0.2, 0.25) is 5.91 Å². The number of hydrogen-bond donors (Lipinski definition) is 3. The molecule has 0 saturated heterocycles. The van der Waals surface area contributed by atoms with Crippen LogP contribution in [0.15, 0.2) is 0 Å². The second-order valence-corrected chi connectivity index (χ2v) is 3.53. The van der Waals surface area contributed by atoms with Crippen LogP contribution in [0, 0.1) is 0 Å². The smallest absolute Gasteiger partial charge is 0.327 e. The molecule has 0 aromatic heterocycles. The molecule has 0 aliphatic rings. The first kappa shape index (κ1) is 12.8. The molecule has 0 fully saturated rings. The molecule has 80 valence electrons. The van der Waals surface area contributed by atoms with Crippen LogP contribution in [0.3, 0.4) is 0 Å². The zero-order valence-electron chi connectivity index (χ0n) is 7.52. The lowest BCUT2D eigenvalue weighted by Crippen LogP contribution is -2.41. The number of rotatable bonds is 6. The zero-order valence-corrected chi connectivity index (χ0v) is 8.34. The maximum atomic E-state index is 10.6. The monoisotopic (exact) mass is 221 g/mol. The van der Waals surface area contributed by atoms with Crippen molar-refractivity contribution in [1.29, 1.82) is 0 Å². The molecule has 1 atom stereocenters. The fourth-order valence-electron chi connectivity index (χ4n) is 0.684. The van der Waals surface area contributed by atoms with E-state index in [1.54, 1.807) is 0 Å². The van der Waals surface area contributed by atoms with Crippen LogP contribution in [0.2, 0.25) is 0 Å². The SMILES string of the molecule is CC(=O)N[C@H](CSCC(=O)O)C(=O)O. The number of carbonyl (C=O) groups is 3. The number of hydrogen-bond acceptors (Lipinski definition) is 4. The van der Waals surface area contributed by atoms with Gasteiger partial charge < -0.3 is 15.5 Å². The molecule has 6 nitrogen and oxygen atoms in total. The number of aliphatic carboxylic acids is 2. The Bertz CT molecular complexity index is 242.